The Balaban J connectivity index is 1.93. The van der Waals surface area contributed by atoms with Crippen LogP contribution >= 0.6 is 0 Å². The fraction of sp³-hybridized carbons (Fsp3) is 0.611. The van der Waals surface area contributed by atoms with E-state index >= 15 is 0 Å². The molecule has 1 aromatic carbocycles. The number of nitrogens with zero attached hydrogens (tertiary/aromatic N) is 2. The molecule has 1 aliphatic heterocycles. The minimum absolute atomic E-state index is 0.0757. The molecule has 0 saturated carbocycles. The molecule has 0 spiro atoms. The Labute approximate surface area is 146 Å². The van der Waals surface area contributed by atoms with Crippen LogP contribution in [-0.2, 0) is 11.2 Å². The number of benzene rings is 1. The summed E-state index contributed by atoms with van der Waals surface area (Å²) < 4.78 is 37.8. The molecule has 0 radical (unpaired) electrons. The molecule has 1 unspecified atom stereocenters. The Morgan fingerprint density at radius 2 is 1.96 bits per heavy atom. The Hall–Kier alpha value is -1.60. The molecule has 25 heavy (non-hydrogen) atoms. The van der Waals surface area contributed by atoms with E-state index in [4.69, 9.17) is 5.73 Å². The molecule has 1 saturated heterocycles. The predicted octanol–water partition coefficient (Wildman–Crippen LogP) is 2.29. The third-order valence-electron chi connectivity index (χ3n) is 4.48. The summed E-state index contributed by atoms with van der Waals surface area (Å²) in [6, 6.07) is 9.82. The number of carbonyl (C=O) groups is 1. The lowest BCUT2D eigenvalue weighted by Gasteiger charge is -2.35. The predicted molar refractivity (Wildman–Crippen MR) is 91.0 cm³/mol. The maximum atomic E-state index is 12.8. The first-order valence-corrected chi connectivity index (χ1v) is 8.71. The zero-order valence-electron chi connectivity index (χ0n) is 14.3. The minimum atomic E-state index is -4.23. The van der Waals surface area contributed by atoms with Crippen LogP contribution in [-0.4, -0.2) is 61.2 Å². The van der Waals surface area contributed by atoms with Crippen molar-refractivity contribution in [2.45, 2.75) is 25.4 Å². The van der Waals surface area contributed by atoms with Crippen molar-refractivity contribution in [1.82, 2.24) is 9.80 Å². The Morgan fingerprint density at radius 3 is 2.60 bits per heavy atom. The molecule has 1 aliphatic rings. The topological polar surface area (TPSA) is 49.6 Å². The van der Waals surface area contributed by atoms with Gasteiger partial charge in [-0.2, -0.15) is 13.2 Å². The van der Waals surface area contributed by atoms with Crippen molar-refractivity contribution < 1.29 is 18.0 Å². The van der Waals surface area contributed by atoms with Gasteiger partial charge in [0.15, 0.2) is 0 Å². The van der Waals surface area contributed by atoms with Gasteiger partial charge in [0, 0.05) is 26.2 Å². The summed E-state index contributed by atoms with van der Waals surface area (Å²) in [5, 5.41) is 0. The summed E-state index contributed by atoms with van der Waals surface area (Å²) in [5.41, 5.74) is 6.75. The average molecular weight is 357 g/mol. The van der Waals surface area contributed by atoms with Crippen LogP contribution < -0.4 is 5.73 Å². The molecule has 1 heterocycles. The summed E-state index contributed by atoms with van der Waals surface area (Å²) in [4.78, 5) is 15.8. The quantitative estimate of drug-likeness (QED) is 0.815. The monoisotopic (exact) mass is 357 g/mol. The van der Waals surface area contributed by atoms with Gasteiger partial charge in [-0.1, -0.05) is 30.3 Å². The highest BCUT2D eigenvalue weighted by Gasteiger charge is 2.35. The van der Waals surface area contributed by atoms with Gasteiger partial charge in [-0.15, -0.1) is 0 Å². The molecule has 7 heteroatoms. The second-order valence-electron chi connectivity index (χ2n) is 6.54. The molecule has 2 rings (SSSR count). The highest BCUT2D eigenvalue weighted by molar-refractivity contribution is 5.79. The standard InChI is InChI=1S/C18H26F3N3O/c19-18(20,21)14-23-10-4-7-16(13-23)17(25)24(12-9-22)11-8-15-5-2-1-3-6-15/h1-3,5-6,16H,4,7-14,22H2. The van der Waals surface area contributed by atoms with Gasteiger partial charge in [-0.05, 0) is 31.4 Å². The fourth-order valence-electron chi connectivity index (χ4n) is 3.31. The zero-order chi connectivity index (χ0) is 18.3. The normalized spacial score (nSPS) is 19.0. The SMILES string of the molecule is NCCN(CCc1ccccc1)C(=O)C1CCCN(CC(F)(F)F)C1. The van der Waals surface area contributed by atoms with Crippen LogP contribution in [0.15, 0.2) is 30.3 Å². The molecular weight excluding hydrogens is 331 g/mol. The van der Waals surface area contributed by atoms with Gasteiger partial charge in [0.05, 0.1) is 12.5 Å². The first-order chi connectivity index (χ1) is 11.9. The lowest BCUT2D eigenvalue weighted by molar-refractivity contribution is -0.154. The van der Waals surface area contributed by atoms with E-state index in [1.165, 1.54) is 4.90 Å². The van der Waals surface area contributed by atoms with Gasteiger partial charge in [0.1, 0.15) is 0 Å². The molecule has 1 amide bonds. The van der Waals surface area contributed by atoms with Crippen molar-refractivity contribution in [3.8, 4) is 0 Å². The Kier molecular flexibility index (Phi) is 7.25. The first kappa shape index (κ1) is 19.7. The molecule has 2 N–H and O–H groups in total. The Morgan fingerprint density at radius 1 is 1.24 bits per heavy atom. The average Bonchev–Trinajstić information content (AvgIpc) is 2.57. The van der Waals surface area contributed by atoms with E-state index in [1.54, 1.807) is 4.90 Å². The maximum absolute atomic E-state index is 12.8. The fourth-order valence-corrected chi connectivity index (χ4v) is 3.31. The van der Waals surface area contributed by atoms with E-state index in [0.717, 1.165) is 5.56 Å². The Bertz CT molecular complexity index is 536. The van der Waals surface area contributed by atoms with E-state index in [-0.39, 0.29) is 18.4 Å². The maximum Gasteiger partial charge on any atom is 0.401 e. The number of amides is 1. The highest BCUT2D eigenvalue weighted by Crippen LogP contribution is 2.23. The number of hydrogen-bond acceptors (Lipinski definition) is 3. The second kappa shape index (κ2) is 9.20. The van der Waals surface area contributed by atoms with Crippen LogP contribution in [0.4, 0.5) is 13.2 Å². The smallest absolute Gasteiger partial charge is 0.341 e. The third-order valence-corrected chi connectivity index (χ3v) is 4.48. The van der Waals surface area contributed by atoms with E-state index in [0.29, 0.717) is 45.4 Å². The van der Waals surface area contributed by atoms with E-state index < -0.39 is 12.7 Å². The number of rotatable bonds is 7. The lowest BCUT2D eigenvalue weighted by atomic mass is 9.96. The number of piperidine rings is 1. The van der Waals surface area contributed by atoms with Gasteiger partial charge in [-0.25, -0.2) is 0 Å². The van der Waals surface area contributed by atoms with Crippen molar-refractivity contribution in [2.75, 3.05) is 39.3 Å². The second-order valence-corrected chi connectivity index (χ2v) is 6.54. The summed E-state index contributed by atoms with van der Waals surface area (Å²) in [6.07, 6.45) is -2.26. The van der Waals surface area contributed by atoms with E-state index in [9.17, 15) is 18.0 Å². The van der Waals surface area contributed by atoms with Crippen molar-refractivity contribution in [2.24, 2.45) is 11.7 Å². The molecule has 0 bridgehead atoms. The number of alkyl halides is 3. The van der Waals surface area contributed by atoms with Crippen LogP contribution in [0, 0.1) is 5.92 Å². The third kappa shape index (κ3) is 6.66. The number of likely N-dealkylation sites (tertiary alicyclic amines) is 1. The summed E-state index contributed by atoms with van der Waals surface area (Å²) in [5.74, 6) is -0.452. The minimum Gasteiger partial charge on any atom is -0.341 e. The summed E-state index contributed by atoms with van der Waals surface area (Å²) >= 11 is 0. The first-order valence-electron chi connectivity index (χ1n) is 8.71. The molecule has 0 aromatic heterocycles. The zero-order valence-corrected chi connectivity index (χ0v) is 14.3. The number of carbonyl (C=O) groups excluding carboxylic acids is 1. The van der Waals surface area contributed by atoms with Crippen LogP contribution in [0.3, 0.4) is 0 Å². The van der Waals surface area contributed by atoms with Gasteiger partial charge in [0.25, 0.3) is 0 Å². The summed E-state index contributed by atoms with van der Waals surface area (Å²) in [7, 11) is 0. The van der Waals surface area contributed by atoms with Gasteiger partial charge in [-0.3, -0.25) is 9.69 Å². The van der Waals surface area contributed by atoms with Crippen LogP contribution in [0.2, 0.25) is 0 Å². The van der Waals surface area contributed by atoms with Gasteiger partial charge in [0.2, 0.25) is 5.91 Å². The molecule has 4 nitrogen and oxygen atoms in total. The molecular formula is C18H26F3N3O. The van der Waals surface area contributed by atoms with Gasteiger partial charge >= 0.3 is 6.18 Å². The molecule has 1 fully saturated rings. The van der Waals surface area contributed by atoms with Gasteiger partial charge < -0.3 is 10.6 Å². The van der Waals surface area contributed by atoms with E-state index in [1.807, 2.05) is 30.3 Å². The highest BCUT2D eigenvalue weighted by atomic mass is 19.4. The van der Waals surface area contributed by atoms with Crippen molar-refractivity contribution in [1.29, 1.82) is 0 Å². The number of halogens is 3. The number of hydrogen-bond donors (Lipinski definition) is 1. The molecule has 1 aromatic rings. The number of nitrogens with two attached hydrogens (primary N) is 1. The van der Waals surface area contributed by atoms with Crippen molar-refractivity contribution in [3.05, 3.63) is 35.9 Å². The lowest BCUT2D eigenvalue weighted by Crippen LogP contribution is -2.48. The van der Waals surface area contributed by atoms with Crippen LogP contribution in [0.1, 0.15) is 18.4 Å². The van der Waals surface area contributed by atoms with Crippen LogP contribution in [0.25, 0.3) is 0 Å². The summed E-state index contributed by atoms with van der Waals surface area (Å²) in [6.45, 7) is 0.934. The molecule has 140 valence electrons. The largest absolute Gasteiger partial charge is 0.401 e. The van der Waals surface area contributed by atoms with Crippen molar-refractivity contribution >= 4 is 5.91 Å². The molecule has 1 atom stereocenters. The van der Waals surface area contributed by atoms with E-state index in [2.05, 4.69) is 0 Å². The van der Waals surface area contributed by atoms with Crippen LogP contribution in [0.5, 0.6) is 0 Å². The van der Waals surface area contributed by atoms with Crippen molar-refractivity contribution in [3.63, 3.8) is 0 Å². The molecule has 0 aliphatic carbocycles.